The van der Waals surface area contributed by atoms with E-state index >= 15 is 0 Å². The van der Waals surface area contributed by atoms with E-state index in [1.54, 1.807) is 0 Å². The summed E-state index contributed by atoms with van der Waals surface area (Å²) in [5.74, 6) is -1.88. The first-order valence-electron chi connectivity index (χ1n) is 5.23. The molecule has 0 bridgehead atoms. The molecule has 0 heterocycles. The van der Waals surface area contributed by atoms with Gasteiger partial charge < -0.3 is 15.2 Å². The van der Waals surface area contributed by atoms with E-state index in [2.05, 4.69) is 5.32 Å². The SMILES string of the molecule is COc1ccc(C(=O)N[C@H](C)C(=O)O)cc1[N+](=O)[O-]. The smallest absolute Gasteiger partial charge is 0.325 e. The summed E-state index contributed by atoms with van der Waals surface area (Å²) in [5, 5.41) is 21.6. The lowest BCUT2D eigenvalue weighted by atomic mass is 10.1. The van der Waals surface area contributed by atoms with Gasteiger partial charge >= 0.3 is 11.7 Å². The van der Waals surface area contributed by atoms with Crippen molar-refractivity contribution in [3.63, 3.8) is 0 Å². The lowest BCUT2D eigenvalue weighted by molar-refractivity contribution is -0.385. The number of nitro benzene ring substituents is 1. The molecule has 1 rings (SSSR count). The van der Waals surface area contributed by atoms with Crippen LogP contribution in [0, 0.1) is 10.1 Å². The van der Waals surface area contributed by atoms with Crippen LogP contribution in [0.2, 0.25) is 0 Å². The Labute approximate surface area is 108 Å². The number of nitro groups is 1. The molecule has 1 aromatic carbocycles. The van der Waals surface area contributed by atoms with E-state index in [1.807, 2.05) is 0 Å². The lowest BCUT2D eigenvalue weighted by Crippen LogP contribution is -2.38. The third-order valence-corrected chi connectivity index (χ3v) is 2.36. The van der Waals surface area contributed by atoms with Crippen molar-refractivity contribution in [1.82, 2.24) is 5.32 Å². The zero-order valence-corrected chi connectivity index (χ0v) is 10.2. The molecule has 0 fully saturated rings. The largest absolute Gasteiger partial charge is 0.490 e. The van der Waals surface area contributed by atoms with Gasteiger partial charge in [0.25, 0.3) is 5.91 Å². The molecule has 0 aliphatic rings. The molecule has 8 heteroatoms. The lowest BCUT2D eigenvalue weighted by Gasteiger charge is -2.09. The second kappa shape index (κ2) is 5.80. The first-order chi connectivity index (χ1) is 8.86. The van der Waals surface area contributed by atoms with Crippen LogP contribution in [0.5, 0.6) is 5.75 Å². The van der Waals surface area contributed by atoms with Gasteiger partial charge in [-0.1, -0.05) is 0 Å². The van der Waals surface area contributed by atoms with Crippen molar-refractivity contribution in [2.75, 3.05) is 7.11 Å². The average Bonchev–Trinajstić information content (AvgIpc) is 2.37. The first kappa shape index (κ1) is 14.4. The molecule has 0 saturated carbocycles. The van der Waals surface area contributed by atoms with Crippen molar-refractivity contribution in [3.05, 3.63) is 33.9 Å². The van der Waals surface area contributed by atoms with E-state index in [-0.39, 0.29) is 17.0 Å². The number of nitrogens with one attached hydrogen (secondary N) is 1. The van der Waals surface area contributed by atoms with Gasteiger partial charge in [-0.15, -0.1) is 0 Å². The number of carboxylic acids is 1. The van der Waals surface area contributed by atoms with Crippen molar-refractivity contribution in [1.29, 1.82) is 0 Å². The molecule has 8 nitrogen and oxygen atoms in total. The summed E-state index contributed by atoms with van der Waals surface area (Å²) in [7, 11) is 1.27. The van der Waals surface area contributed by atoms with Crippen LogP contribution in [0.4, 0.5) is 5.69 Å². The number of carbonyl (C=O) groups is 2. The van der Waals surface area contributed by atoms with Crippen molar-refractivity contribution in [2.24, 2.45) is 0 Å². The quantitative estimate of drug-likeness (QED) is 0.602. The summed E-state index contributed by atoms with van der Waals surface area (Å²) in [6.45, 7) is 1.29. The number of nitrogens with zero attached hydrogens (tertiary/aromatic N) is 1. The maximum atomic E-state index is 11.7. The summed E-state index contributed by atoms with van der Waals surface area (Å²) in [6.07, 6.45) is 0. The van der Waals surface area contributed by atoms with Gasteiger partial charge in [0.15, 0.2) is 5.75 Å². The molecule has 0 radical (unpaired) electrons. The fourth-order valence-corrected chi connectivity index (χ4v) is 1.32. The van der Waals surface area contributed by atoms with Gasteiger partial charge in [-0.2, -0.15) is 0 Å². The van der Waals surface area contributed by atoms with Gasteiger partial charge in [0.05, 0.1) is 12.0 Å². The Bertz CT molecular complexity index is 528. The minimum absolute atomic E-state index is 0.0133. The molecule has 0 saturated heterocycles. The maximum Gasteiger partial charge on any atom is 0.325 e. The fraction of sp³-hybridized carbons (Fsp3) is 0.273. The van der Waals surface area contributed by atoms with Crippen LogP contribution in [-0.4, -0.2) is 35.1 Å². The molecule has 1 aromatic rings. The minimum atomic E-state index is -1.20. The van der Waals surface area contributed by atoms with Crippen molar-refractivity contribution in [3.8, 4) is 5.75 Å². The van der Waals surface area contributed by atoms with Crippen LogP contribution < -0.4 is 10.1 Å². The van der Waals surface area contributed by atoms with Gasteiger partial charge in [-0.05, 0) is 19.1 Å². The molecule has 0 spiro atoms. The molecule has 0 unspecified atom stereocenters. The van der Waals surface area contributed by atoms with Gasteiger partial charge in [0, 0.05) is 11.6 Å². The van der Waals surface area contributed by atoms with Gasteiger partial charge in [-0.25, -0.2) is 0 Å². The Hall–Kier alpha value is -2.64. The number of hydrogen-bond donors (Lipinski definition) is 2. The summed E-state index contributed by atoms with van der Waals surface area (Å²) < 4.78 is 4.79. The van der Waals surface area contributed by atoms with Gasteiger partial charge in [-0.3, -0.25) is 19.7 Å². The first-order valence-corrected chi connectivity index (χ1v) is 5.23. The van der Waals surface area contributed by atoms with Gasteiger partial charge in [0.1, 0.15) is 6.04 Å². The highest BCUT2D eigenvalue weighted by Crippen LogP contribution is 2.27. The summed E-state index contributed by atoms with van der Waals surface area (Å²) in [5.41, 5.74) is -0.376. The molecular weight excluding hydrogens is 256 g/mol. The van der Waals surface area contributed by atoms with Crippen LogP contribution in [0.15, 0.2) is 18.2 Å². The van der Waals surface area contributed by atoms with E-state index in [4.69, 9.17) is 9.84 Å². The molecule has 0 aromatic heterocycles. The highest BCUT2D eigenvalue weighted by molar-refractivity contribution is 5.97. The van der Waals surface area contributed by atoms with Crippen LogP contribution >= 0.6 is 0 Å². The van der Waals surface area contributed by atoms with E-state index in [0.717, 1.165) is 6.07 Å². The second-order valence-electron chi connectivity index (χ2n) is 3.68. The Morgan fingerprint density at radius 2 is 2.11 bits per heavy atom. The second-order valence-corrected chi connectivity index (χ2v) is 3.68. The number of hydrogen-bond acceptors (Lipinski definition) is 5. The highest BCUT2D eigenvalue weighted by Gasteiger charge is 2.20. The van der Waals surface area contributed by atoms with Crippen molar-refractivity contribution < 1.29 is 24.4 Å². The summed E-state index contributed by atoms with van der Waals surface area (Å²) >= 11 is 0. The Kier molecular flexibility index (Phi) is 4.41. The van der Waals surface area contributed by atoms with Crippen LogP contribution in [0.25, 0.3) is 0 Å². The predicted octanol–water partition coefficient (Wildman–Crippen LogP) is 0.806. The minimum Gasteiger partial charge on any atom is -0.490 e. The van der Waals surface area contributed by atoms with E-state index < -0.39 is 22.8 Å². The number of methoxy groups -OCH3 is 1. The number of benzene rings is 1. The van der Waals surface area contributed by atoms with E-state index in [1.165, 1.54) is 26.2 Å². The topological polar surface area (TPSA) is 119 Å². The molecule has 1 amide bonds. The monoisotopic (exact) mass is 268 g/mol. The number of rotatable bonds is 5. The normalized spacial score (nSPS) is 11.5. The third kappa shape index (κ3) is 3.41. The number of ether oxygens (including phenoxy) is 1. The molecule has 2 N–H and O–H groups in total. The standard InChI is InChI=1S/C11H12N2O6/c1-6(11(15)16)12-10(14)7-3-4-9(19-2)8(5-7)13(17)18/h3-6H,1-2H3,(H,12,14)(H,15,16)/t6-/m1/s1. The number of aliphatic carboxylic acids is 1. The molecular formula is C11H12N2O6. The third-order valence-electron chi connectivity index (χ3n) is 2.36. The number of amides is 1. The predicted molar refractivity (Wildman–Crippen MR) is 64.2 cm³/mol. The van der Waals surface area contributed by atoms with Crippen LogP contribution in [0.3, 0.4) is 0 Å². The average molecular weight is 268 g/mol. The molecule has 19 heavy (non-hydrogen) atoms. The van der Waals surface area contributed by atoms with Crippen LogP contribution in [-0.2, 0) is 4.79 Å². The summed E-state index contributed by atoms with van der Waals surface area (Å²) in [4.78, 5) is 32.4. The zero-order chi connectivity index (χ0) is 14.6. The molecule has 0 aliphatic heterocycles. The summed E-state index contributed by atoms with van der Waals surface area (Å²) in [6, 6.07) is 2.53. The van der Waals surface area contributed by atoms with Crippen LogP contribution in [0.1, 0.15) is 17.3 Å². The van der Waals surface area contributed by atoms with Crippen molar-refractivity contribution in [2.45, 2.75) is 13.0 Å². The van der Waals surface area contributed by atoms with Gasteiger partial charge in [0.2, 0.25) is 0 Å². The van der Waals surface area contributed by atoms with E-state index in [0.29, 0.717) is 0 Å². The van der Waals surface area contributed by atoms with Crippen molar-refractivity contribution >= 4 is 17.6 Å². The highest BCUT2D eigenvalue weighted by atomic mass is 16.6. The molecule has 102 valence electrons. The maximum absolute atomic E-state index is 11.7. The fourth-order valence-electron chi connectivity index (χ4n) is 1.32. The molecule has 0 aliphatic carbocycles. The number of carboxylic acid groups (broad SMARTS) is 1. The molecule has 1 atom stereocenters. The number of carbonyl (C=O) groups excluding carboxylic acids is 1. The Morgan fingerprint density at radius 1 is 1.47 bits per heavy atom. The Balaban J connectivity index is 3.02. The zero-order valence-electron chi connectivity index (χ0n) is 10.2. The van der Waals surface area contributed by atoms with E-state index in [9.17, 15) is 19.7 Å². The Morgan fingerprint density at radius 3 is 2.58 bits per heavy atom.